The SMILES string of the molecule is c1ccc(-c2ccccc2N(c2ccc3c(c2)[C@]2(CCc4ccc(N(c5ccccc5)c5ccccc5)cc42)CC3)c2ccc3oc4ccccc4c3c2)cc1. The molecule has 0 saturated carbocycles. The van der Waals surface area contributed by atoms with E-state index in [2.05, 4.69) is 198 Å². The molecule has 1 atom stereocenters. The molecule has 0 saturated heterocycles. The molecule has 9 aromatic rings. The minimum absolute atomic E-state index is 0.0505. The Labute approximate surface area is 327 Å². The molecule has 0 aliphatic heterocycles. The van der Waals surface area contributed by atoms with Crippen molar-refractivity contribution in [1.29, 1.82) is 0 Å². The Morgan fingerprint density at radius 1 is 0.393 bits per heavy atom. The van der Waals surface area contributed by atoms with E-state index in [1.54, 1.807) is 0 Å². The quantitative estimate of drug-likeness (QED) is 0.163. The van der Waals surface area contributed by atoms with Crippen molar-refractivity contribution in [2.24, 2.45) is 0 Å². The number of hydrogen-bond acceptors (Lipinski definition) is 3. The van der Waals surface area contributed by atoms with Crippen molar-refractivity contribution in [2.45, 2.75) is 31.1 Å². The monoisotopic (exact) mass is 720 g/mol. The van der Waals surface area contributed by atoms with Gasteiger partial charge in [-0.3, -0.25) is 0 Å². The Morgan fingerprint density at radius 3 is 1.59 bits per heavy atom. The van der Waals surface area contributed by atoms with Crippen LogP contribution in [0.25, 0.3) is 33.1 Å². The molecule has 0 N–H and O–H groups in total. The fraction of sp³-hybridized carbons (Fsp3) is 0.0943. The number of para-hydroxylation sites is 4. The van der Waals surface area contributed by atoms with Crippen molar-refractivity contribution in [3.05, 3.63) is 216 Å². The van der Waals surface area contributed by atoms with E-state index in [4.69, 9.17) is 4.42 Å². The first-order valence-electron chi connectivity index (χ1n) is 19.8. The summed E-state index contributed by atoms with van der Waals surface area (Å²) in [6.45, 7) is 0. The van der Waals surface area contributed by atoms with Crippen LogP contribution in [-0.4, -0.2) is 0 Å². The lowest BCUT2D eigenvalue weighted by molar-refractivity contribution is 0.507. The Kier molecular flexibility index (Phi) is 7.67. The largest absolute Gasteiger partial charge is 0.456 e. The van der Waals surface area contributed by atoms with Crippen LogP contribution in [0.3, 0.4) is 0 Å². The summed E-state index contributed by atoms with van der Waals surface area (Å²) in [7, 11) is 0. The van der Waals surface area contributed by atoms with Gasteiger partial charge in [0, 0.05) is 50.2 Å². The molecule has 11 rings (SSSR count). The van der Waals surface area contributed by atoms with Gasteiger partial charge in [0.05, 0.1) is 5.69 Å². The second-order valence-corrected chi connectivity index (χ2v) is 15.3. The van der Waals surface area contributed by atoms with E-state index in [1.165, 1.54) is 44.8 Å². The summed E-state index contributed by atoms with van der Waals surface area (Å²) in [5.41, 5.74) is 17.0. The maximum Gasteiger partial charge on any atom is 0.135 e. The molecular formula is C53H40N2O. The number of furan rings is 1. The van der Waals surface area contributed by atoms with E-state index in [0.717, 1.165) is 70.4 Å². The van der Waals surface area contributed by atoms with E-state index in [-0.39, 0.29) is 5.41 Å². The highest BCUT2D eigenvalue weighted by Gasteiger charge is 2.45. The molecular weight excluding hydrogens is 681 g/mol. The van der Waals surface area contributed by atoms with Crippen molar-refractivity contribution >= 4 is 56.1 Å². The lowest BCUT2D eigenvalue weighted by Crippen LogP contribution is -2.22. The number of aryl methyl sites for hydroxylation is 2. The molecule has 0 radical (unpaired) electrons. The fourth-order valence-corrected chi connectivity index (χ4v) is 9.65. The third-order valence-electron chi connectivity index (χ3n) is 12.3. The minimum Gasteiger partial charge on any atom is -0.456 e. The van der Waals surface area contributed by atoms with Gasteiger partial charge in [0.2, 0.25) is 0 Å². The van der Waals surface area contributed by atoms with Crippen LogP contribution in [0.2, 0.25) is 0 Å². The first kappa shape index (κ1) is 32.6. The highest BCUT2D eigenvalue weighted by Crippen LogP contribution is 2.55. The summed E-state index contributed by atoms with van der Waals surface area (Å²) in [5.74, 6) is 0. The standard InChI is InChI=1S/C53H40N2O/c1-4-14-37(15-5-1)45-20-10-12-22-50(45)55(42-28-29-52-47(34-42)46-21-11-13-23-51(46)56-52)44-27-25-39-31-33-53(49(39)36-44)32-30-38-24-26-43(35-48(38)53)54(40-16-6-2-7-17-40)41-18-8-3-9-19-41/h1-29,34-36H,30-33H2/t53-/m1/s1. The van der Waals surface area contributed by atoms with Gasteiger partial charge in [-0.1, -0.05) is 115 Å². The van der Waals surface area contributed by atoms with E-state index in [1.807, 2.05) is 6.07 Å². The number of benzene rings is 8. The summed E-state index contributed by atoms with van der Waals surface area (Å²) in [6.07, 6.45) is 4.40. The zero-order valence-corrected chi connectivity index (χ0v) is 31.1. The number of fused-ring (bicyclic) bond motifs is 7. The van der Waals surface area contributed by atoms with Crippen LogP contribution in [0.15, 0.2) is 199 Å². The van der Waals surface area contributed by atoms with Crippen molar-refractivity contribution in [3.63, 3.8) is 0 Å². The van der Waals surface area contributed by atoms with Crippen LogP contribution in [0.5, 0.6) is 0 Å². The number of nitrogens with zero attached hydrogens (tertiary/aromatic N) is 2. The Bertz CT molecular complexity index is 2840. The second-order valence-electron chi connectivity index (χ2n) is 15.3. The molecule has 0 bridgehead atoms. The minimum atomic E-state index is -0.0505. The maximum atomic E-state index is 6.31. The highest BCUT2D eigenvalue weighted by atomic mass is 16.3. The van der Waals surface area contributed by atoms with Gasteiger partial charge in [-0.15, -0.1) is 0 Å². The summed E-state index contributed by atoms with van der Waals surface area (Å²) >= 11 is 0. The summed E-state index contributed by atoms with van der Waals surface area (Å²) in [4.78, 5) is 4.87. The Morgan fingerprint density at radius 2 is 0.911 bits per heavy atom. The predicted molar refractivity (Wildman–Crippen MR) is 232 cm³/mol. The number of anilines is 6. The molecule has 8 aromatic carbocycles. The third-order valence-corrected chi connectivity index (χ3v) is 12.3. The van der Waals surface area contributed by atoms with Crippen LogP contribution in [0.4, 0.5) is 34.1 Å². The molecule has 2 aliphatic rings. The van der Waals surface area contributed by atoms with Crippen molar-refractivity contribution in [1.82, 2.24) is 0 Å². The van der Waals surface area contributed by atoms with Gasteiger partial charge in [0.15, 0.2) is 0 Å². The van der Waals surface area contributed by atoms with Crippen molar-refractivity contribution < 1.29 is 4.42 Å². The van der Waals surface area contributed by atoms with Crippen LogP contribution in [0.1, 0.15) is 35.1 Å². The first-order valence-corrected chi connectivity index (χ1v) is 19.8. The first-order chi connectivity index (χ1) is 27.7. The second kappa shape index (κ2) is 13.2. The highest BCUT2D eigenvalue weighted by molar-refractivity contribution is 6.07. The molecule has 0 amide bonds. The molecule has 1 spiro atoms. The Balaban J connectivity index is 1.08. The van der Waals surface area contributed by atoms with E-state index >= 15 is 0 Å². The molecule has 2 aliphatic carbocycles. The summed E-state index contributed by atoms with van der Waals surface area (Å²) in [6, 6.07) is 70.6. The Hall–Kier alpha value is -6.84. The molecule has 268 valence electrons. The van der Waals surface area contributed by atoms with Gasteiger partial charge >= 0.3 is 0 Å². The molecule has 1 heterocycles. The van der Waals surface area contributed by atoms with Gasteiger partial charge in [0.1, 0.15) is 11.2 Å². The van der Waals surface area contributed by atoms with Crippen LogP contribution < -0.4 is 9.80 Å². The lowest BCUT2D eigenvalue weighted by Gasteiger charge is -2.32. The topological polar surface area (TPSA) is 19.6 Å². The van der Waals surface area contributed by atoms with Crippen LogP contribution in [0, 0.1) is 0 Å². The molecule has 56 heavy (non-hydrogen) atoms. The molecule has 1 aromatic heterocycles. The zero-order chi connectivity index (χ0) is 37.1. The average Bonchev–Trinajstić information content (AvgIpc) is 3.95. The van der Waals surface area contributed by atoms with E-state index in [0.29, 0.717) is 0 Å². The van der Waals surface area contributed by atoms with Crippen LogP contribution in [-0.2, 0) is 18.3 Å². The molecule has 3 nitrogen and oxygen atoms in total. The van der Waals surface area contributed by atoms with Gasteiger partial charge in [-0.2, -0.15) is 0 Å². The summed E-state index contributed by atoms with van der Waals surface area (Å²) < 4.78 is 6.31. The molecule has 3 heteroatoms. The lowest BCUT2D eigenvalue weighted by atomic mass is 9.76. The van der Waals surface area contributed by atoms with Crippen molar-refractivity contribution in [2.75, 3.05) is 9.80 Å². The fourth-order valence-electron chi connectivity index (χ4n) is 9.65. The maximum absolute atomic E-state index is 6.31. The normalized spacial score (nSPS) is 15.6. The molecule has 0 fully saturated rings. The van der Waals surface area contributed by atoms with Gasteiger partial charge in [-0.05, 0) is 132 Å². The van der Waals surface area contributed by atoms with Gasteiger partial charge in [-0.25, -0.2) is 0 Å². The average molecular weight is 721 g/mol. The van der Waals surface area contributed by atoms with Crippen LogP contribution >= 0.6 is 0 Å². The van der Waals surface area contributed by atoms with Crippen molar-refractivity contribution in [3.8, 4) is 11.1 Å². The number of rotatable bonds is 7. The zero-order valence-electron chi connectivity index (χ0n) is 31.1. The van der Waals surface area contributed by atoms with E-state index < -0.39 is 0 Å². The molecule has 0 unspecified atom stereocenters. The number of hydrogen-bond donors (Lipinski definition) is 0. The third kappa shape index (κ3) is 5.26. The van der Waals surface area contributed by atoms with Gasteiger partial charge in [0.25, 0.3) is 0 Å². The van der Waals surface area contributed by atoms with E-state index in [9.17, 15) is 0 Å². The summed E-state index contributed by atoms with van der Waals surface area (Å²) in [5, 5.41) is 2.25. The predicted octanol–water partition coefficient (Wildman–Crippen LogP) is 14.4. The van der Waals surface area contributed by atoms with Gasteiger partial charge < -0.3 is 14.2 Å². The smallest absolute Gasteiger partial charge is 0.135 e.